The van der Waals surface area contributed by atoms with Crippen LogP contribution in [0.2, 0.25) is 0 Å². The van der Waals surface area contributed by atoms with Crippen LogP contribution >= 0.6 is 24.2 Å². The molecule has 1 amide bonds. The van der Waals surface area contributed by atoms with Gasteiger partial charge in [-0.15, -0.1) is 12.4 Å². The number of nitrogens with zero attached hydrogens (tertiary/aromatic N) is 1. The van der Waals surface area contributed by atoms with Crippen LogP contribution in [-0.4, -0.2) is 61.6 Å². The highest BCUT2D eigenvalue weighted by molar-refractivity contribution is 7.99. The highest BCUT2D eigenvalue weighted by atomic mass is 35.5. The quantitative estimate of drug-likeness (QED) is 0.706. The smallest absolute Gasteiger partial charge is 0.220 e. The second-order valence-corrected chi connectivity index (χ2v) is 9.05. The number of rotatable bonds is 6. The molecule has 0 unspecified atom stereocenters. The first-order valence-electron chi connectivity index (χ1n) is 7.57. The molecule has 9 heteroatoms. The van der Waals surface area contributed by atoms with E-state index in [9.17, 15) is 13.2 Å². The fraction of sp³-hybridized carbons (Fsp3) is 0.923. The maximum absolute atomic E-state index is 12.1. The van der Waals surface area contributed by atoms with Crippen LogP contribution in [0.25, 0.3) is 0 Å². The predicted octanol–water partition coefficient (Wildman–Crippen LogP) is 0.421. The van der Waals surface area contributed by atoms with E-state index in [2.05, 4.69) is 5.32 Å². The first kappa shape index (κ1) is 20.0. The first-order chi connectivity index (χ1) is 9.99. The number of sulfonamides is 1. The van der Waals surface area contributed by atoms with Crippen LogP contribution in [0.3, 0.4) is 0 Å². The second kappa shape index (κ2) is 9.32. The van der Waals surface area contributed by atoms with E-state index in [0.29, 0.717) is 19.5 Å². The van der Waals surface area contributed by atoms with Gasteiger partial charge in [-0.1, -0.05) is 6.42 Å². The summed E-state index contributed by atoms with van der Waals surface area (Å²) < 4.78 is 25.7. The van der Waals surface area contributed by atoms with E-state index in [1.807, 2.05) is 0 Å². The zero-order chi connectivity index (χ0) is 15.3. The van der Waals surface area contributed by atoms with Crippen molar-refractivity contribution in [1.29, 1.82) is 0 Å². The van der Waals surface area contributed by atoms with Gasteiger partial charge in [-0.05, 0) is 18.8 Å². The standard InChI is InChI=1S/C13H25N3O3S2.ClH/c14-12-3-1-2-11(12)10-13(17)15-4-9-21(18,19)16-5-7-20-8-6-16;/h11-12H,1-10,14H2,(H,15,17);1H/t11-,12+;/m0./s1. The molecule has 2 aliphatic rings. The zero-order valence-electron chi connectivity index (χ0n) is 12.7. The maximum Gasteiger partial charge on any atom is 0.220 e. The number of nitrogens with one attached hydrogen (secondary N) is 1. The van der Waals surface area contributed by atoms with Gasteiger partial charge >= 0.3 is 0 Å². The van der Waals surface area contributed by atoms with Crippen molar-refractivity contribution in [1.82, 2.24) is 9.62 Å². The van der Waals surface area contributed by atoms with E-state index in [0.717, 1.165) is 30.8 Å². The Kier molecular flexibility index (Phi) is 8.48. The van der Waals surface area contributed by atoms with E-state index in [1.165, 1.54) is 4.31 Å². The summed E-state index contributed by atoms with van der Waals surface area (Å²) in [5, 5.41) is 2.72. The molecule has 1 saturated carbocycles. The summed E-state index contributed by atoms with van der Waals surface area (Å²) in [6.07, 6.45) is 3.49. The van der Waals surface area contributed by atoms with Crippen LogP contribution in [-0.2, 0) is 14.8 Å². The molecule has 1 saturated heterocycles. The lowest BCUT2D eigenvalue weighted by Gasteiger charge is -2.25. The van der Waals surface area contributed by atoms with Crippen molar-refractivity contribution in [2.24, 2.45) is 11.7 Å². The van der Waals surface area contributed by atoms with Gasteiger partial charge in [0.25, 0.3) is 0 Å². The van der Waals surface area contributed by atoms with E-state index in [4.69, 9.17) is 5.73 Å². The molecular formula is C13H26ClN3O3S2. The largest absolute Gasteiger partial charge is 0.355 e. The van der Waals surface area contributed by atoms with Crippen molar-refractivity contribution in [2.75, 3.05) is 36.9 Å². The van der Waals surface area contributed by atoms with Crippen LogP contribution in [0, 0.1) is 5.92 Å². The van der Waals surface area contributed by atoms with Crippen LogP contribution in [0.5, 0.6) is 0 Å². The van der Waals surface area contributed by atoms with E-state index >= 15 is 0 Å². The molecule has 1 aliphatic heterocycles. The molecule has 0 radical (unpaired) electrons. The topological polar surface area (TPSA) is 92.5 Å². The third kappa shape index (κ3) is 5.88. The van der Waals surface area contributed by atoms with Crippen molar-refractivity contribution in [3.63, 3.8) is 0 Å². The number of carbonyl (C=O) groups excluding carboxylic acids is 1. The average molecular weight is 372 g/mol. The predicted molar refractivity (Wildman–Crippen MR) is 92.9 cm³/mol. The molecule has 2 fully saturated rings. The van der Waals surface area contributed by atoms with Crippen LogP contribution in [0.15, 0.2) is 0 Å². The lowest BCUT2D eigenvalue weighted by molar-refractivity contribution is -0.121. The minimum absolute atomic E-state index is 0. The van der Waals surface area contributed by atoms with Crippen LogP contribution in [0.1, 0.15) is 25.7 Å². The number of nitrogens with two attached hydrogens (primary N) is 1. The molecule has 1 aliphatic carbocycles. The van der Waals surface area contributed by atoms with E-state index < -0.39 is 10.0 Å². The summed E-state index contributed by atoms with van der Waals surface area (Å²) in [6.45, 7) is 1.35. The van der Waals surface area contributed by atoms with Gasteiger partial charge in [-0.25, -0.2) is 12.7 Å². The van der Waals surface area contributed by atoms with Gasteiger partial charge in [-0.2, -0.15) is 11.8 Å². The number of halogens is 1. The molecule has 6 nitrogen and oxygen atoms in total. The molecule has 2 rings (SSSR count). The van der Waals surface area contributed by atoms with Gasteiger partial charge in [0.1, 0.15) is 0 Å². The fourth-order valence-electron chi connectivity index (χ4n) is 2.90. The van der Waals surface area contributed by atoms with Gasteiger partial charge in [0, 0.05) is 43.6 Å². The minimum Gasteiger partial charge on any atom is -0.355 e. The van der Waals surface area contributed by atoms with Crippen LogP contribution in [0.4, 0.5) is 0 Å². The Hall–Kier alpha value is -0.0200. The Morgan fingerprint density at radius 3 is 2.55 bits per heavy atom. The SMILES string of the molecule is Cl.N[C@@H]1CCC[C@H]1CC(=O)NCCS(=O)(=O)N1CCSCC1. The van der Waals surface area contributed by atoms with Gasteiger partial charge in [0.05, 0.1) is 5.75 Å². The highest BCUT2D eigenvalue weighted by Gasteiger charge is 2.27. The van der Waals surface area contributed by atoms with Gasteiger partial charge in [0.2, 0.25) is 15.9 Å². The Balaban J connectivity index is 0.00000242. The van der Waals surface area contributed by atoms with E-state index in [-0.39, 0.29) is 42.6 Å². The number of hydrogen-bond acceptors (Lipinski definition) is 5. The Morgan fingerprint density at radius 2 is 1.95 bits per heavy atom. The van der Waals surface area contributed by atoms with Crippen molar-refractivity contribution in [3.8, 4) is 0 Å². The summed E-state index contributed by atoms with van der Waals surface area (Å²) in [5.74, 6) is 1.86. The molecular weight excluding hydrogens is 346 g/mol. The summed E-state index contributed by atoms with van der Waals surface area (Å²) in [5.41, 5.74) is 5.94. The number of amides is 1. The molecule has 0 bridgehead atoms. The lowest BCUT2D eigenvalue weighted by atomic mass is 10.00. The number of thioether (sulfide) groups is 1. The summed E-state index contributed by atoms with van der Waals surface area (Å²) in [4.78, 5) is 11.8. The zero-order valence-corrected chi connectivity index (χ0v) is 15.1. The summed E-state index contributed by atoms with van der Waals surface area (Å²) in [7, 11) is -3.24. The van der Waals surface area contributed by atoms with Crippen molar-refractivity contribution in [2.45, 2.75) is 31.7 Å². The molecule has 22 heavy (non-hydrogen) atoms. The summed E-state index contributed by atoms with van der Waals surface area (Å²) in [6, 6.07) is 0.116. The molecule has 0 spiro atoms. The van der Waals surface area contributed by atoms with E-state index in [1.54, 1.807) is 11.8 Å². The average Bonchev–Trinajstić information content (AvgIpc) is 2.85. The molecule has 0 aromatic carbocycles. The first-order valence-corrected chi connectivity index (χ1v) is 10.3. The molecule has 130 valence electrons. The van der Waals surface area contributed by atoms with Crippen molar-refractivity contribution < 1.29 is 13.2 Å². The van der Waals surface area contributed by atoms with Crippen molar-refractivity contribution >= 4 is 40.1 Å². The molecule has 0 aromatic heterocycles. The monoisotopic (exact) mass is 371 g/mol. The molecule has 2 atom stereocenters. The van der Waals surface area contributed by atoms with Gasteiger partial charge < -0.3 is 11.1 Å². The molecule has 0 aromatic rings. The van der Waals surface area contributed by atoms with Crippen molar-refractivity contribution in [3.05, 3.63) is 0 Å². The third-order valence-electron chi connectivity index (χ3n) is 4.21. The minimum atomic E-state index is -3.24. The molecule has 1 heterocycles. The third-order valence-corrected chi connectivity index (χ3v) is 7.03. The normalized spacial score (nSPS) is 26.4. The summed E-state index contributed by atoms with van der Waals surface area (Å²) >= 11 is 1.77. The lowest BCUT2D eigenvalue weighted by Crippen LogP contribution is -2.42. The number of carbonyl (C=O) groups is 1. The Bertz CT molecular complexity index is 455. The second-order valence-electron chi connectivity index (χ2n) is 5.74. The fourth-order valence-corrected chi connectivity index (χ4v) is 5.39. The van der Waals surface area contributed by atoms with Gasteiger partial charge in [-0.3, -0.25) is 4.79 Å². The Morgan fingerprint density at radius 1 is 1.27 bits per heavy atom. The molecule has 3 N–H and O–H groups in total. The highest BCUT2D eigenvalue weighted by Crippen LogP contribution is 2.26. The maximum atomic E-state index is 12.1. The van der Waals surface area contributed by atoms with Gasteiger partial charge in [0.15, 0.2) is 0 Å². The van der Waals surface area contributed by atoms with Crippen LogP contribution < -0.4 is 11.1 Å². The number of hydrogen-bond donors (Lipinski definition) is 2. The Labute approximate surface area is 143 Å².